The number of rotatable bonds is 6. The van der Waals surface area contributed by atoms with Gasteiger partial charge in [-0.25, -0.2) is 0 Å². The highest BCUT2D eigenvalue weighted by Gasteiger charge is 2.45. The molecule has 1 aromatic carbocycles. The average molecular weight is 337 g/mol. The molecular weight excluding hydrogens is 304 g/mol. The number of benzene rings is 1. The maximum Gasteiger partial charge on any atom is 0.191 e. The van der Waals surface area contributed by atoms with E-state index in [2.05, 4.69) is 66.7 Å². The minimum absolute atomic E-state index is 0.628. The van der Waals surface area contributed by atoms with Gasteiger partial charge in [0.05, 0.1) is 14.7 Å². The smallest absolute Gasteiger partial charge is 0.191 e. The Morgan fingerprint density at radius 2 is 1.55 bits per heavy atom. The lowest BCUT2D eigenvalue weighted by molar-refractivity contribution is 0.337. The molecule has 0 radical (unpaired) electrons. The van der Waals surface area contributed by atoms with Crippen molar-refractivity contribution in [3.63, 3.8) is 0 Å². The zero-order chi connectivity index (χ0) is 17.1. The maximum atomic E-state index is 5.56. The van der Waals surface area contributed by atoms with Crippen LogP contribution in [0.1, 0.15) is 59.6 Å². The van der Waals surface area contributed by atoms with Crippen LogP contribution in [0.4, 0.5) is 0 Å². The zero-order valence-corrected chi connectivity index (χ0v) is 17.3. The molecule has 1 nitrogen and oxygen atoms in total. The van der Waals surface area contributed by atoms with E-state index in [4.69, 9.17) is 17.0 Å². The van der Waals surface area contributed by atoms with E-state index in [1.165, 1.54) is 5.56 Å². The Morgan fingerprint density at radius 3 is 1.95 bits per heavy atom. The molecule has 0 amide bonds. The first-order valence-electron chi connectivity index (χ1n) is 8.47. The lowest BCUT2D eigenvalue weighted by atomic mass is 10.1. The molecule has 1 aromatic rings. The van der Waals surface area contributed by atoms with Crippen LogP contribution in [-0.4, -0.2) is 19.7 Å². The van der Waals surface area contributed by atoms with Crippen LogP contribution in [0.3, 0.4) is 0 Å². The highest BCUT2D eigenvalue weighted by Crippen LogP contribution is 2.41. The van der Waals surface area contributed by atoms with Crippen LogP contribution < -0.4 is 5.19 Å². The number of thiocarbonyl (C=S) groups is 1. The molecular formula is C19H32OSSi. The summed E-state index contributed by atoms with van der Waals surface area (Å²) in [7, 11) is -1.66. The Labute approximate surface area is 143 Å². The monoisotopic (exact) mass is 336 g/mol. The predicted octanol–water partition coefficient (Wildman–Crippen LogP) is 5.59. The molecule has 0 heterocycles. The molecule has 1 rings (SSSR count). The lowest BCUT2D eigenvalue weighted by Crippen LogP contribution is -2.56. The van der Waals surface area contributed by atoms with E-state index < -0.39 is 8.07 Å². The number of hydrogen-bond acceptors (Lipinski definition) is 2. The molecule has 124 valence electrons. The molecule has 0 atom stereocenters. The Hall–Kier alpha value is -0.673. The summed E-state index contributed by atoms with van der Waals surface area (Å²) in [5, 5.41) is 2.19. The molecule has 0 saturated carbocycles. The molecule has 0 saturated heterocycles. The first-order valence-corrected chi connectivity index (χ1v) is 11.1. The van der Waals surface area contributed by atoms with Gasteiger partial charge in [-0.15, -0.1) is 0 Å². The highest BCUT2D eigenvalue weighted by molar-refractivity contribution is 7.80. The van der Waals surface area contributed by atoms with E-state index in [1.807, 2.05) is 6.92 Å². The molecule has 3 heteroatoms. The van der Waals surface area contributed by atoms with Crippen molar-refractivity contribution in [2.45, 2.75) is 72.0 Å². The molecule has 0 aliphatic rings. The van der Waals surface area contributed by atoms with E-state index in [0.717, 1.165) is 5.56 Å². The van der Waals surface area contributed by atoms with Crippen molar-refractivity contribution in [3.8, 4) is 0 Å². The molecule has 0 bridgehead atoms. The quantitative estimate of drug-likeness (QED) is 0.494. The largest absolute Gasteiger partial charge is 0.483 e. The molecule has 0 fully saturated rings. The van der Waals surface area contributed by atoms with E-state index >= 15 is 0 Å². The third-order valence-electron chi connectivity index (χ3n) is 5.08. The van der Waals surface area contributed by atoms with Gasteiger partial charge in [-0.05, 0) is 42.7 Å². The van der Waals surface area contributed by atoms with Crippen molar-refractivity contribution in [2.75, 3.05) is 6.61 Å². The second-order valence-corrected chi connectivity index (χ2v) is 13.4. The summed E-state index contributed by atoms with van der Waals surface area (Å²) in [5.74, 6) is 0. The van der Waals surface area contributed by atoms with Crippen LogP contribution in [0, 0.1) is 6.92 Å². The molecule has 0 aromatic heterocycles. The lowest BCUT2D eigenvalue weighted by Gasteiger charge is -2.44. The van der Waals surface area contributed by atoms with Gasteiger partial charge < -0.3 is 4.74 Å². The van der Waals surface area contributed by atoms with Gasteiger partial charge in [0.2, 0.25) is 0 Å². The fourth-order valence-electron chi connectivity index (χ4n) is 4.36. The summed E-state index contributed by atoms with van der Waals surface area (Å²) < 4.78 is 5.56. The molecule has 0 spiro atoms. The van der Waals surface area contributed by atoms with Gasteiger partial charge in [0.25, 0.3) is 0 Å². The summed E-state index contributed by atoms with van der Waals surface area (Å²) in [5.41, 5.74) is 4.56. The first-order chi connectivity index (χ1) is 10.2. The zero-order valence-electron chi connectivity index (χ0n) is 15.5. The summed E-state index contributed by atoms with van der Waals surface area (Å²) >= 11 is 5.44. The van der Waals surface area contributed by atoms with Gasteiger partial charge in [0, 0.05) is 5.56 Å². The SMILES string of the molecule is CCOC(=S)c1ccc(C)c([Si](C(C)C)(C(C)C)C(C)C)c1. The minimum atomic E-state index is -1.66. The second kappa shape index (κ2) is 7.74. The van der Waals surface area contributed by atoms with E-state index in [0.29, 0.717) is 28.3 Å². The minimum Gasteiger partial charge on any atom is -0.483 e. The van der Waals surface area contributed by atoms with E-state index in [1.54, 1.807) is 5.19 Å². The van der Waals surface area contributed by atoms with Crippen LogP contribution in [-0.2, 0) is 4.74 Å². The number of aryl methyl sites for hydroxylation is 1. The van der Waals surface area contributed by atoms with Gasteiger partial charge >= 0.3 is 0 Å². The third kappa shape index (κ3) is 3.46. The molecule has 22 heavy (non-hydrogen) atoms. The van der Waals surface area contributed by atoms with Crippen molar-refractivity contribution < 1.29 is 4.74 Å². The molecule has 0 aliphatic carbocycles. The van der Waals surface area contributed by atoms with Crippen molar-refractivity contribution in [1.82, 2.24) is 0 Å². The molecule has 0 aliphatic heterocycles. The van der Waals surface area contributed by atoms with E-state index in [9.17, 15) is 0 Å². The van der Waals surface area contributed by atoms with Crippen molar-refractivity contribution >= 4 is 30.5 Å². The van der Waals surface area contributed by atoms with E-state index in [-0.39, 0.29) is 0 Å². The highest BCUT2D eigenvalue weighted by atomic mass is 32.1. The van der Waals surface area contributed by atoms with Crippen molar-refractivity contribution in [3.05, 3.63) is 29.3 Å². The summed E-state index contributed by atoms with van der Waals surface area (Å²) in [6.45, 7) is 19.3. The summed E-state index contributed by atoms with van der Waals surface area (Å²) in [6, 6.07) is 6.67. The van der Waals surface area contributed by atoms with Crippen LogP contribution in [0.5, 0.6) is 0 Å². The third-order valence-corrected chi connectivity index (χ3v) is 12.6. The van der Waals surface area contributed by atoms with Crippen LogP contribution >= 0.6 is 12.2 Å². The van der Waals surface area contributed by atoms with Crippen LogP contribution in [0.15, 0.2) is 18.2 Å². The molecule has 0 unspecified atom stereocenters. The normalized spacial score (nSPS) is 12.3. The average Bonchev–Trinajstić information content (AvgIpc) is 2.40. The Bertz CT molecular complexity index is 498. The predicted molar refractivity (Wildman–Crippen MR) is 105 cm³/mol. The standard InChI is InChI=1S/C19H32OSSi/c1-9-20-19(21)17-11-10-16(8)18(12-17)22(13(2)3,14(4)5)15(6)7/h10-15H,9H2,1-8H3. The Morgan fingerprint density at radius 1 is 1.05 bits per heavy atom. The summed E-state index contributed by atoms with van der Waals surface area (Å²) in [4.78, 5) is 0. The summed E-state index contributed by atoms with van der Waals surface area (Å²) in [6.07, 6.45) is 0. The van der Waals surface area contributed by atoms with Gasteiger partial charge in [0.1, 0.15) is 0 Å². The van der Waals surface area contributed by atoms with Crippen LogP contribution in [0.2, 0.25) is 16.6 Å². The maximum absolute atomic E-state index is 5.56. The fourth-order valence-corrected chi connectivity index (χ4v) is 11.6. The number of hydrogen-bond donors (Lipinski definition) is 0. The number of ether oxygens (including phenoxy) is 1. The first kappa shape index (κ1) is 19.4. The van der Waals surface area contributed by atoms with Gasteiger partial charge in [-0.3, -0.25) is 0 Å². The molecule has 0 N–H and O–H groups in total. The van der Waals surface area contributed by atoms with Crippen molar-refractivity contribution in [2.24, 2.45) is 0 Å². The topological polar surface area (TPSA) is 9.23 Å². The fraction of sp³-hybridized carbons (Fsp3) is 0.632. The van der Waals surface area contributed by atoms with Gasteiger partial charge in [-0.2, -0.15) is 0 Å². The van der Waals surface area contributed by atoms with Crippen molar-refractivity contribution in [1.29, 1.82) is 0 Å². The van der Waals surface area contributed by atoms with Gasteiger partial charge in [0.15, 0.2) is 5.05 Å². The Balaban J connectivity index is 3.55. The second-order valence-electron chi connectivity index (χ2n) is 7.15. The van der Waals surface area contributed by atoms with Crippen LogP contribution in [0.25, 0.3) is 0 Å². The Kier molecular flexibility index (Phi) is 6.81. The van der Waals surface area contributed by atoms with Gasteiger partial charge in [-0.1, -0.05) is 70.5 Å².